The van der Waals surface area contributed by atoms with Crippen LogP contribution in [-0.4, -0.2) is 11.4 Å². The minimum atomic E-state index is -0.177. The standard InChI is InChI=1S/C12H15Br2NO/c1-4-12(2,3)15-11(16)9-6-5-8(13)7-10(9)14/h5-7H,4H2,1-3H3,(H,15,16). The van der Waals surface area contributed by atoms with E-state index in [1.807, 2.05) is 26.0 Å². The largest absolute Gasteiger partial charge is 0.347 e. The van der Waals surface area contributed by atoms with Crippen LogP contribution in [0, 0.1) is 0 Å². The lowest BCUT2D eigenvalue weighted by Gasteiger charge is -2.24. The minimum absolute atomic E-state index is 0.0498. The molecule has 88 valence electrons. The SMILES string of the molecule is CCC(C)(C)NC(=O)c1ccc(Br)cc1Br. The first kappa shape index (κ1) is 13.7. The Hall–Kier alpha value is -0.350. The van der Waals surface area contributed by atoms with Crippen molar-refractivity contribution in [1.82, 2.24) is 5.32 Å². The first-order chi connectivity index (χ1) is 7.35. The second-order valence-corrected chi connectivity index (χ2v) is 6.09. The summed E-state index contributed by atoms with van der Waals surface area (Å²) in [6.45, 7) is 6.08. The highest BCUT2D eigenvalue weighted by Crippen LogP contribution is 2.22. The smallest absolute Gasteiger partial charge is 0.252 e. The summed E-state index contributed by atoms with van der Waals surface area (Å²) < 4.78 is 1.75. The van der Waals surface area contributed by atoms with Crippen molar-refractivity contribution in [3.63, 3.8) is 0 Å². The van der Waals surface area contributed by atoms with E-state index in [9.17, 15) is 4.79 Å². The van der Waals surface area contributed by atoms with Crippen LogP contribution in [0.5, 0.6) is 0 Å². The molecule has 0 bridgehead atoms. The lowest BCUT2D eigenvalue weighted by atomic mass is 10.0. The summed E-state index contributed by atoms with van der Waals surface area (Å²) in [7, 11) is 0. The molecule has 16 heavy (non-hydrogen) atoms. The van der Waals surface area contributed by atoms with E-state index in [0.29, 0.717) is 5.56 Å². The predicted molar refractivity (Wildman–Crippen MR) is 73.7 cm³/mol. The van der Waals surface area contributed by atoms with Crippen molar-refractivity contribution in [2.45, 2.75) is 32.7 Å². The van der Waals surface area contributed by atoms with E-state index in [-0.39, 0.29) is 11.4 Å². The lowest BCUT2D eigenvalue weighted by molar-refractivity contribution is 0.0910. The van der Waals surface area contributed by atoms with Gasteiger partial charge in [0.05, 0.1) is 5.56 Å². The normalized spacial score (nSPS) is 11.3. The van der Waals surface area contributed by atoms with Gasteiger partial charge in [0.2, 0.25) is 0 Å². The zero-order chi connectivity index (χ0) is 12.3. The molecule has 0 saturated carbocycles. The summed E-state index contributed by atoms with van der Waals surface area (Å²) in [6.07, 6.45) is 0.896. The van der Waals surface area contributed by atoms with Crippen LogP contribution in [0.15, 0.2) is 27.1 Å². The number of hydrogen-bond donors (Lipinski definition) is 1. The number of rotatable bonds is 3. The number of amides is 1. The zero-order valence-corrected chi connectivity index (χ0v) is 12.8. The summed E-state index contributed by atoms with van der Waals surface area (Å²) in [5.41, 5.74) is 0.480. The quantitative estimate of drug-likeness (QED) is 0.874. The molecule has 0 aliphatic carbocycles. The fraction of sp³-hybridized carbons (Fsp3) is 0.417. The number of nitrogens with one attached hydrogen (secondary N) is 1. The maximum absolute atomic E-state index is 12.0. The Morgan fingerprint density at radius 1 is 1.38 bits per heavy atom. The van der Waals surface area contributed by atoms with E-state index in [1.54, 1.807) is 6.07 Å². The highest BCUT2D eigenvalue weighted by molar-refractivity contribution is 9.11. The molecule has 0 fully saturated rings. The molecule has 0 aliphatic heterocycles. The van der Waals surface area contributed by atoms with Gasteiger partial charge in [-0.1, -0.05) is 22.9 Å². The third-order valence-corrected chi connectivity index (χ3v) is 3.66. The van der Waals surface area contributed by atoms with Gasteiger partial charge in [0.1, 0.15) is 0 Å². The van der Waals surface area contributed by atoms with Crippen LogP contribution in [0.4, 0.5) is 0 Å². The number of carbonyl (C=O) groups excluding carboxylic acids is 1. The molecule has 0 aromatic heterocycles. The van der Waals surface area contributed by atoms with Gasteiger partial charge in [-0.2, -0.15) is 0 Å². The van der Waals surface area contributed by atoms with Crippen LogP contribution in [0.1, 0.15) is 37.6 Å². The van der Waals surface area contributed by atoms with Crippen LogP contribution in [0.25, 0.3) is 0 Å². The van der Waals surface area contributed by atoms with Gasteiger partial charge in [-0.05, 0) is 54.4 Å². The van der Waals surface area contributed by atoms with Gasteiger partial charge < -0.3 is 5.32 Å². The Bertz CT molecular complexity index is 402. The second kappa shape index (κ2) is 5.32. The molecule has 0 radical (unpaired) electrons. The molecular weight excluding hydrogens is 334 g/mol. The Morgan fingerprint density at radius 3 is 2.50 bits per heavy atom. The maximum Gasteiger partial charge on any atom is 0.252 e. The summed E-state index contributed by atoms with van der Waals surface area (Å²) in [5, 5.41) is 3.00. The maximum atomic E-state index is 12.0. The summed E-state index contributed by atoms with van der Waals surface area (Å²) in [5.74, 6) is -0.0498. The van der Waals surface area contributed by atoms with E-state index < -0.39 is 0 Å². The van der Waals surface area contributed by atoms with Gasteiger partial charge in [0.25, 0.3) is 5.91 Å². The van der Waals surface area contributed by atoms with Gasteiger partial charge in [-0.25, -0.2) is 0 Å². The van der Waals surface area contributed by atoms with Crippen LogP contribution < -0.4 is 5.32 Å². The van der Waals surface area contributed by atoms with Crippen molar-refractivity contribution in [3.8, 4) is 0 Å². The minimum Gasteiger partial charge on any atom is -0.347 e. The molecule has 1 rings (SSSR count). The molecule has 1 aromatic rings. The average molecular weight is 349 g/mol. The third kappa shape index (κ3) is 3.59. The number of benzene rings is 1. The molecule has 0 unspecified atom stereocenters. The topological polar surface area (TPSA) is 29.1 Å². The first-order valence-corrected chi connectivity index (χ1v) is 6.72. The van der Waals surface area contributed by atoms with E-state index in [0.717, 1.165) is 15.4 Å². The van der Waals surface area contributed by atoms with Crippen molar-refractivity contribution in [2.24, 2.45) is 0 Å². The Kier molecular flexibility index (Phi) is 4.56. The lowest BCUT2D eigenvalue weighted by Crippen LogP contribution is -2.42. The molecular formula is C12H15Br2NO. The van der Waals surface area contributed by atoms with Crippen molar-refractivity contribution in [2.75, 3.05) is 0 Å². The Morgan fingerprint density at radius 2 is 2.00 bits per heavy atom. The number of halogens is 2. The molecule has 4 heteroatoms. The van der Waals surface area contributed by atoms with Crippen molar-refractivity contribution < 1.29 is 4.79 Å². The van der Waals surface area contributed by atoms with Gasteiger partial charge in [-0.15, -0.1) is 0 Å². The highest BCUT2D eigenvalue weighted by atomic mass is 79.9. The van der Waals surface area contributed by atoms with Crippen LogP contribution in [-0.2, 0) is 0 Å². The third-order valence-electron chi connectivity index (χ3n) is 2.51. The van der Waals surface area contributed by atoms with E-state index in [1.165, 1.54) is 0 Å². The molecule has 0 heterocycles. The fourth-order valence-electron chi connectivity index (χ4n) is 1.14. The molecule has 1 amide bonds. The second-order valence-electron chi connectivity index (χ2n) is 4.32. The van der Waals surface area contributed by atoms with Gasteiger partial charge in [0.15, 0.2) is 0 Å². The van der Waals surface area contributed by atoms with E-state index in [2.05, 4.69) is 44.1 Å². The van der Waals surface area contributed by atoms with Gasteiger partial charge in [0, 0.05) is 14.5 Å². The van der Waals surface area contributed by atoms with Crippen LogP contribution in [0.2, 0.25) is 0 Å². The molecule has 1 N–H and O–H groups in total. The number of hydrogen-bond acceptors (Lipinski definition) is 1. The molecule has 2 nitrogen and oxygen atoms in total. The summed E-state index contributed by atoms with van der Waals surface area (Å²) in [6, 6.07) is 5.53. The molecule has 1 aromatic carbocycles. The summed E-state index contributed by atoms with van der Waals surface area (Å²) >= 11 is 6.75. The molecule has 0 aliphatic rings. The molecule has 0 saturated heterocycles. The highest BCUT2D eigenvalue weighted by Gasteiger charge is 2.20. The van der Waals surface area contributed by atoms with Gasteiger partial charge in [-0.3, -0.25) is 4.79 Å². The van der Waals surface area contributed by atoms with Crippen LogP contribution >= 0.6 is 31.9 Å². The number of carbonyl (C=O) groups is 1. The predicted octanol–water partition coefficient (Wildman–Crippen LogP) is 4.13. The first-order valence-electron chi connectivity index (χ1n) is 5.13. The zero-order valence-electron chi connectivity index (χ0n) is 9.60. The molecule has 0 atom stereocenters. The monoisotopic (exact) mass is 347 g/mol. The van der Waals surface area contributed by atoms with Gasteiger partial charge >= 0.3 is 0 Å². The van der Waals surface area contributed by atoms with Crippen molar-refractivity contribution >= 4 is 37.8 Å². The Balaban J connectivity index is 2.89. The molecule has 0 spiro atoms. The van der Waals surface area contributed by atoms with E-state index in [4.69, 9.17) is 0 Å². The van der Waals surface area contributed by atoms with Crippen molar-refractivity contribution in [3.05, 3.63) is 32.7 Å². The van der Waals surface area contributed by atoms with Crippen molar-refractivity contribution in [1.29, 1.82) is 0 Å². The van der Waals surface area contributed by atoms with E-state index >= 15 is 0 Å². The summed E-state index contributed by atoms with van der Waals surface area (Å²) in [4.78, 5) is 12.0. The Labute approximate surface area is 113 Å². The average Bonchev–Trinajstić information content (AvgIpc) is 2.16. The van der Waals surface area contributed by atoms with Crippen LogP contribution in [0.3, 0.4) is 0 Å². The fourth-order valence-corrected chi connectivity index (χ4v) is 2.36.